The zero-order valence-corrected chi connectivity index (χ0v) is 29.5. The number of fused-ring (bicyclic) bond motifs is 7. The van der Waals surface area contributed by atoms with Crippen LogP contribution in [0.1, 0.15) is 135 Å². The topological polar surface area (TPSA) is 61.4 Å². The molecule has 0 saturated heterocycles. The number of aromatic carboxylic acids is 1. The van der Waals surface area contributed by atoms with Gasteiger partial charge in [-0.1, -0.05) is 73.1 Å². The predicted molar refractivity (Wildman–Crippen MR) is 185 cm³/mol. The Morgan fingerprint density at radius 1 is 0.841 bits per heavy atom. The Bertz CT molecular complexity index is 1200. The van der Waals surface area contributed by atoms with Crippen molar-refractivity contribution in [3.05, 3.63) is 41.5 Å². The quantitative estimate of drug-likeness (QED) is 0.259. The summed E-state index contributed by atoms with van der Waals surface area (Å²) < 4.78 is 0. The Morgan fingerprint density at radius 3 is 2.25 bits per heavy atom. The number of nitrogens with one attached hydrogen (secondary N) is 2. The number of carboxylic acid groups (broad SMARTS) is 1. The molecule has 0 spiro atoms. The van der Waals surface area contributed by atoms with Crippen LogP contribution in [0.4, 0.5) is 0 Å². The van der Waals surface area contributed by atoms with Gasteiger partial charge in [-0.25, -0.2) is 4.79 Å². The molecule has 6 rings (SSSR count). The molecule has 0 radical (unpaired) electrons. The third-order valence-electron chi connectivity index (χ3n) is 14.8. The van der Waals surface area contributed by atoms with Gasteiger partial charge in [0.05, 0.1) is 5.56 Å². The molecule has 0 bridgehead atoms. The molecule has 3 N–H and O–H groups in total. The molecule has 0 aromatic heterocycles. The Kier molecular flexibility index (Phi) is 9.59. The van der Waals surface area contributed by atoms with Gasteiger partial charge in [0.1, 0.15) is 0 Å². The number of carboxylic acids is 1. The van der Waals surface area contributed by atoms with Gasteiger partial charge < -0.3 is 15.7 Å². The summed E-state index contributed by atoms with van der Waals surface area (Å²) in [6, 6.07) is 7.66. The number of hydrogen-bond donors (Lipinski definition) is 3. The molecule has 5 aliphatic carbocycles. The summed E-state index contributed by atoms with van der Waals surface area (Å²) in [6.07, 6.45) is 17.6. The summed E-state index contributed by atoms with van der Waals surface area (Å²) >= 11 is 0. The Hall–Kier alpha value is -1.65. The molecule has 5 aliphatic rings. The van der Waals surface area contributed by atoms with Crippen LogP contribution in [-0.4, -0.2) is 37.8 Å². The molecule has 4 heteroatoms. The molecule has 246 valence electrons. The minimum atomic E-state index is -0.847. The average Bonchev–Trinajstić information content (AvgIpc) is 3.42. The summed E-state index contributed by atoms with van der Waals surface area (Å²) in [6.45, 7) is 20.6. The lowest BCUT2D eigenvalue weighted by Crippen LogP contribution is -2.65. The zero-order chi connectivity index (χ0) is 32.0. The van der Waals surface area contributed by atoms with Gasteiger partial charge in [-0.3, -0.25) is 0 Å². The van der Waals surface area contributed by atoms with Gasteiger partial charge in [0.15, 0.2) is 0 Å². The maximum absolute atomic E-state index is 11.5. The lowest BCUT2D eigenvalue weighted by atomic mass is 9.32. The average molecular weight is 605 g/mol. The SMILES string of the molecule is CC.CNCCCNCC12CCCC1C1CCC3C4(C)CC=C(c5ccc(C(=O)O)cc5)C(C)(C)C4CCC3(C)[C@]1(C)CC2. The molecule has 1 aromatic carbocycles. The molecule has 0 heterocycles. The molecule has 4 nitrogen and oxygen atoms in total. The number of carbonyl (C=O) groups is 1. The zero-order valence-electron chi connectivity index (χ0n) is 29.5. The predicted octanol–water partition coefficient (Wildman–Crippen LogP) is 9.46. The van der Waals surface area contributed by atoms with Crippen molar-refractivity contribution in [2.75, 3.05) is 26.7 Å². The van der Waals surface area contributed by atoms with Crippen LogP contribution in [0.5, 0.6) is 0 Å². The summed E-state index contributed by atoms with van der Waals surface area (Å²) in [5.74, 6) is 2.35. The maximum Gasteiger partial charge on any atom is 0.335 e. The largest absolute Gasteiger partial charge is 0.478 e. The van der Waals surface area contributed by atoms with Gasteiger partial charge in [-0.15, -0.1) is 0 Å². The second-order valence-electron chi connectivity index (χ2n) is 16.6. The molecule has 0 amide bonds. The molecule has 0 aliphatic heterocycles. The molecule has 1 aromatic rings. The highest BCUT2D eigenvalue weighted by Gasteiger charge is 2.69. The van der Waals surface area contributed by atoms with E-state index in [4.69, 9.17) is 0 Å². The van der Waals surface area contributed by atoms with Gasteiger partial charge in [-0.2, -0.15) is 0 Å². The van der Waals surface area contributed by atoms with E-state index >= 15 is 0 Å². The van der Waals surface area contributed by atoms with E-state index in [1.165, 1.54) is 81.9 Å². The van der Waals surface area contributed by atoms with E-state index in [9.17, 15) is 9.90 Å². The molecule has 4 saturated carbocycles. The van der Waals surface area contributed by atoms with Crippen LogP contribution in [0.25, 0.3) is 5.57 Å². The van der Waals surface area contributed by atoms with E-state index in [1.54, 1.807) is 12.1 Å². The first-order valence-electron chi connectivity index (χ1n) is 18.3. The summed E-state index contributed by atoms with van der Waals surface area (Å²) in [7, 11) is 2.06. The van der Waals surface area contributed by atoms with E-state index in [1.807, 2.05) is 26.0 Å². The third kappa shape index (κ3) is 5.13. The minimum absolute atomic E-state index is 0.0724. The van der Waals surface area contributed by atoms with Crippen LogP contribution in [0.3, 0.4) is 0 Å². The van der Waals surface area contributed by atoms with Gasteiger partial charge in [-0.05, 0) is 158 Å². The van der Waals surface area contributed by atoms with E-state index < -0.39 is 5.97 Å². The summed E-state index contributed by atoms with van der Waals surface area (Å²) in [4.78, 5) is 11.5. The minimum Gasteiger partial charge on any atom is -0.478 e. The summed E-state index contributed by atoms with van der Waals surface area (Å²) in [5, 5.41) is 16.7. The van der Waals surface area contributed by atoms with Crippen molar-refractivity contribution in [2.24, 2.45) is 50.7 Å². The van der Waals surface area contributed by atoms with Crippen molar-refractivity contribution in [1.29, 1.82) is 0 Å². The number of hydrogen-bond acceptors (Lipinski definition) is 3. The van der Waals surface area contributed by atoms with E-state index in [0.29, 0.717) is 33.1 Å². The fraction of sp³-hybridized carbons (Fsp3) is 0.775. The van der Waals surface area contributed by atoms with Crippen LogP contribution in [-0.2, 0) is 0 Å². The van der Waals surface area contributed by atoms with Gasteiger partial charge in [0, 0.05) is 6.54 Å². The van der Waals surface area contributed by atoms with Crippen LogP contribution in [0.2, 0.25) is 0 Å². The van der Waals surface area contributed by atoms with Gasteiger partial charge in [0.25, 0.3) is 0 Å². The van der Waals surface area contributed by atoms with Gasteiger partial charge in [0.2, 0.25) is 0 Å². The van der Waals surface area contributed by atoms with Gasteiger partial charge >= 0.3 is 5.97 Å². The molecule has 8 atom stereocenters. The molecular formula is C40H64N2O2. The van der Waals surface area contributed by atoms with Crippen LogP contribution >= 0.6 is 0 Å². The highest BCUT2D eigenvalue weighted by molar-refractivity contribution is 5.88. The van der Waals surface area contributed by atoms with Crippen molar-refractivity contribution in [1.82, 2.24) is 10.6 Å². The second kappa shape index (κ2) is 12.5. The second-order valence-corrected chi connectivity index (χ2v) is 16.6. The van der Waals surface area contributed by atoms with E-state index in [-0.39, 0.29) is 5.41 Å². The molecule has 44 heavy (non-hydrogen) atoms. The number of benzene rings is 1. The first-order valence-corrected chi connectivity index (χ1v) is 18.3. The lowest BCUT2D eigenvalue weighted by Gasteiger charge is -2.72. The van der Waals surface area contributed by atoms with Crippen molar-refractivity contribution >= 4 is 11.5 Å². The Labute approximate surface area is 269 Å². The van der Waals surface area contributed by atoms with Crippen molar-refractivity contribution in [3.8, 4) is 0 Å². The standard InChI is InChI=1S/C38H58N2O2.C2H6/c1-34(2)28(26-10-12-27(13-11-26)33(41)42)16-19-35(3)31(34)17-20-37(5)32(35)15-14-29-30-9-7-18-38(30,22-21-36(29,37)4)25-40-24-8-23-39-6;1-2/h10-13,16,29-32,39-40H,7-9,14-15,17-25H2,1-6H3,(H,41,42);1-2H3/t29?,30?,31?,32?,35?,36-,37?,38?;/m1./s1. The maximum atomic E-state index is 11.5. The van der Waals surface area contributed by atoms with Crippen molar-refractivity contribution in [2.45, 2.75) is 119 Å². The van der Waals surface area contributed by atoms with Crippen molar-refractivity contribution < 1.29 is 9.90 Å². The monoisotopic (exact) mass is 604 g/mol. The Balaban J connectivity index is 0.00000188. The fourth-order valence-corrected chi connectivity index (χ4v) is 12.6. The smallest absolute Gasteiger partial charge is 0.335 e. The first-order chi connectivity index (χ1) is 20.9. The molecular weight excluding hydrogens is 540 g/mol. The highest BCUT2D eigenvalue weighted by atomic mass is 16.4. The van der Waals surface area contributed by atoms with E-state index in [2.05, 4.69) is 58.4 Å². The molecule has 4 fully saturated rings. The van der Waals surface area contributed by atoms with Crippen LogP contribution in [0, 0.1) is 50.7 Å². The van der Waals surface area contributed by atoms with Crippen LogP contribution in [0.15, 0.2) is 30.3 Å². The lowest BCUT2D eigenvalue weighted by molar-refractivity contribution is -0.222. The number of allylic oxidation sites excluding steroid dienone is 2. The first kappa shape index (κ1) is 33.7. The Morgan fingerprint density at radius 2 is 1.57 bits per heavy atom. The summed E-state index contributed by atoms with van der Waals surface area (Å²) in [5.41, 5.74) is 4.78. The molecule has 7 unspecified atom stereocenters. The highest BCUT2D eigenvalue weighted by Crippen LogP contribution is 2.77. The third-order valence-corrected chi connectivity index (χ3v) is 14.8. The normalized spacial score (nSPS) is 40.3. The van der Waals surface area contributed by atoms with Crippen LogP contribution < -0.4 is 10.6 Å². The fourth-order valence-electron chi connectivity index (χ4n) is 12.6. The number of rotatable bonds is 8. The van der Waals surface area contributed by atoms with E-state index in [0.717, 1.165) is 37.3 Å². The van der Waals surface area contributed by atoms with Crippen molar-refractivity contribution in [3.63, 3.8) is 0 Å².